The zero-order valence-electron chi connectivity index (χ0n) is 22.7. The number of allylic oxidation sites excluding steroid dienone is 3. The van der Waals surface area contributed by atoms with Crippen LogP contribution in [0.3, 0.4) is 0 Å². The fourth-order valence-corrected chi connectivity index (χ4v) is 3.86. The number of aliphatic imine (C=N–C) groups is 1. The Balaban J connectivity index is 3.04. The number of likely N-dealkylation sites (N-methyl/N-ethyl adjacent to an activating group) is 2. The van der Waals surface area contributed by atoms with Gasteiger partial charge in [0, 0.05) is 49.7 Å². The van der Waals surface area contributed by atoms with Crippen molar-refractivity contribution in [3.05, 3.63) is 47.6 Å². The van der Waals surface area contributed by atoms with E-state index in [0.717, 1.165) is 17.9 Å². The van der Waals surface area contributed by atoms with Crippen LogP contribution >= 0.6 is 23.2 Å². The molecule has 0 aliphatic carbocycles. The number of hydrogen-bond acceptors (Lipinski definition) is 6. The Morgan fingerprint density at radius 2 is 1.92 bits per heavy atom. The largest absolute Gasteiger partial charge is 0.495 e. The van der Waals surface area contributed by atoms with Crippen LogP contribution in [0.15, 0.2) is 52.7 Å². The van der Waals surface area contributed by atoms with Gasteiger partial charge in [-0.1, -0.05) is 24.3 Å². The number of alkyl halides is 1. The van der Waals surface area contributed by atoms with E-state index in [1.807, 2.05) is 63.8 Å². The highest BCUT2D eigenvalue weighted by molar-refractivity contribution is 6.54. The summed E-state index contributed by atoms with van der Waals surface area (Å²) in [5.41, 5.74) is 3.01. The lowest BCUT2D eigenvalue weighted by atomic mass is 10.2. The molecule has 0 aromatic heterocycles. The van der Waals surface area contributed by atoms with Crippen LogP contribution in [0.4, 0.5) is 5.69 Å². The van der Waals surface area contributed by atoms with Crippen molar-refractivity contribution in [3.63, 3.8) is 0 Å². The van der Waals surface area contributed by atoms with E-state index in [9.17, 15) is 4.79 Å². The third-order valence-corrected chi connectivity index (χ3v) is 6.28. The van der Waals surface area contributed by atoms with Crippen LogP contribution in [0, 0.1) is 0 Å². The van der Waals surface area contributed by atoms with Crippen molar-refractivity contribution >= 4 is 46.2 Å². The van der Waals surface area contributed by atoms with Crippen LogP contribution in [-0.4, -0.2) is 79.0 Å². The number of rotatable bonds is 15. The molecule has 0 saturated carbocycles. The first kappa shape index (κ1) is 31.5. The van der Waals surface area contributed by atoms with Crippen molar-refractivity contribution in [2.75, 3.05) is 50.6 Å². The predicted molar refractivity (Wildman–Crippen MR) is 155 cm³/mol. The molecule has 0 N–H and O–H groups in total. The normalized spacial score (nSPS) is 12.6. The van der Waals surface area contributed by atoms with Gasteiger partial charge in [0.05, 0.1) is 23.7 Å². The minimum absolute atomic E-state index is 0.00371. The molecule has 7 nitrogen and oxygen atoms in total. The lowest BCUT2D eigenvalue weighted by Crippen LogP contribution is -2.46. The van der Waals surface area contributed by atoms with Crippen molar-refractivity contribution < 1.29 is 9.53 Å². The number of carbonyl (C=O) groups is 1. The number of nitrogens with zero attached hydrogens (tertiary/aromatic N) is 5. The first-order chi connectivity index (χ1) is 17.1. The highest BCUT2D eigenvalue weighted by Gasteiger charge is 2.21. The van der Waals surface area contributed by atoms with Crippen LogP contribution in [0.25, 0.3) is 0 Å². The Morgan fingerprint density at radius 3 is 2.42 bits per heavy atom. The molecule has 1 rings (SSSR count). The summed E-state index contributed by atoms with van der Waals surface area (Å²) in [6.07, 6.45) is 3.53. The predicted octanol–water partition coefficient (Wildman–Crippen LogP) is 5.88. The van der Waals surface area contributed by atoms with Crippen LogP contribution in [-0.2, 0) is 4.79 Å². The highest BCUT2D eigenvalue weighted by atomic mass is 35.5. The molecule has 0 bridgehead atoms. The Bertz CT molecular complexity index is 959. The van der Waals surface area contributed by atoms with E-state index in [0.29, 0.717) is 41.8 Å². The number of methoxy groups -OCH3 is 1. The first-order valence-electron chi connectivity index (χ1n) is 12.3. The number of hydrogen-bond donors (Lipinski definition) is 0. The van der Waals surface area contributed by atoms with Crippen molar-refractivity contribution in [1.82, 2.24) is 9.91 Å². The lowest BCUT2D eigenvalue weighted by Gasteiger charge is -2.32. The maximum atomic E-state index is 13.3. The summed E-state index contributed by atoms with van der Waals surface area (Å²) < 4.78 is 5.36. The Hall–Kier alpha value is -2.51. The van der Waals surface area contributed by atoms with E-state index < -0.39 is 0 Å². The van der Waals surface area contributed by atoms with Gasteiger partial charge in [-0.2, -0.15) is 5.10 Å². The summed E-state index contributed by atoms with van der Waals surface area (Å²) in [7, 11) is 1.60. The molecule has 0 atom stereocenters. The van der Waals surface area contributed by atoms with Crippen molar-refractivity contribution in [2.45, 2.75) is 47.6 Å². The Morgan fingerprint density at radius 1 is 1.22 bits per heavy atom. The quantitative estimate of drug-likeness (QED) is 0.159. The van der Waals surface area contributed by atoms with Crippen LogP contribution in [0.1, 0.15) is 41.5 Å². The van der Waals surface area contributed by atoms with Crippen molar-refractivity contribution in [3.8, 4) is 5.75 Å². The summed E-state index contributed by atoms with van der Waals surface area (Å²) in [6, 6.07) is 5.75. The second-order valence-corrected chi connectivity index (χ2v) is 9.05. The number of hydrazone groups is 1. The number of ether oxygens (including phenoxy) is 1. The second kappa shape index (κ2) is 16.3. The van der Waals surface area contributed by atoms with Gasteiger partial charge >= 0.3 is 0 Å². The molecule has 1 amide bonds. The summed E-state index contributed by atoms with van der Waals surface area (Å²) in [5, 5.41) is 6.94. The molecule has 1 aromatic carbocycles. The van der Waals surface area contributed by atoms with E-state index in [2.05, 4.69) is 28.5 Å². The SMILES string of the molecule is C=CC(=N\C(C)=C/C)/C(CCl)=N/N(CC)CC(=O)N(CCN(CC)c1ccc(Cl)c(OC)c1)C(C)C. The summed E-state index contributed by atoms with van der Waals surface area (Å²) in [5.74, 6) is 0.787. The average Bonchev–Trinajstić information content (AvgIpc) is 2.87. The van der Waals surface area contributed by atoms with Crippen LogP contribution in [0.2, 0.25) is 5.02 Å². The number of carbonyl (C=O) groups excluding carboxylic acids is 1. The van der Waals surface area contributed by atoms with Gasteiger partial charge in [-0.25, -0.2) is 0 Å². The molecule has 0 aliphatic rings. The number of halogens is 2. The van der Waals surface area contributed by atoms with Gasteiger partial charge in [0.1, 0.15) is 18.0 Å². The van der Waals surface area contributed by atoms with Gasteiger partial charge in [0.2, 0.25) is 5.91 Å². The highest BCUT2D eigenvalue weighted by Crippen LogP contribution is 2.29. The van der Waals surface area contributed by atoms with Crippen molar-refractivity contribution in [1.29, 1.82) is 0 Å². The lowest BCUT2D eigenvalue weighted by molar-refractivity contribution is -0.133. The fraction of sp³-hybridized carbons (Fsp3) is 0.519. The molecule has 0 radical (unpaired) electrons. The molecule has 0 aliphatic heterocycles. The molecule has 0 heterocycles. The molecule has 200 valence electrons. The molecule has 0 saturated heterocycles. The molecule has 0 fully saturated rings. The van der Waals surface area contributed by atoms with E-state index in [-0.39, 0.29) is 24.4 Å². The van der Waals surface area contributed by atoms with Gasteiger partial charge < -0.3 is 14.5 Å². The Labute approximate surface area is 227 Å². The fourth-order valence-electron chi connectivity index (χ4n) is 3.48. The maximum absolute atomic E-state index is 13.3. The Kier molecular flexibility index (Phi) is 14.3. The number of amides is 1. The van der Waals surface area contributed by atoms with E-state index in [1.54, 1.807) is 18.2 Å². The van der Waals surface area contributed by atoms with Gasteiger partial charge in [0.15, 0.2) is 0 Å². The smallest absolute Gasteiger partial charge is 0.244 e. The summed E-state index contributed by atoms with van der Waals surface area (Å²) in [6.45, 7) is 18.4. The first-order valence-corrected chi connectivity index (χ1v) is 13.2. The van der Waals surface area contributed by atoms with E-state index in [1.165, 1.54) is 0 Å². The average molecular weight is 539 g/mol. The molecule has 0 spiro atoms. The van der Waals surface area contributed by atoms with Crippen molar-refractivity contribution in [2.24, 2.45) is 10.1 Å². The third-order valence-electron chi connectivity index (χ3n) is 5.71. The standard InChI is InChI=1S/C27H41Cl2N5O2/c1-9-21(7)30-24(10-2)25(18-28)31-33(12-4)19-27(35)34(20(5)6)16-15-32(11-3)22-13-14-23(29)26(17-22)36-8/h9-10,13-14,17,20H,2,11-12,15-16,18-19H2,1,3-8H3/b21-9-,30-24+,31-25+. The van der Waals surface area contributed by atoms with E-state index >= 15 is 0 Å². The number of benzene rings is 1. The second-order valence-electron chi connectivity index (χ2n) is 8.37. The molecule has 1 aromatic rings. The number of anilines is 1. The minimum atomic E-state index is -0.00371. The van der Waals surface area contributed by atoms with Gasteiger partial charge in [-0.3, -0.25) is 14.8 Å². The van der Waals surface area contributed by atoms with E-state index in [4.69, 9.17) is 27.9 Å². The molecular weight excluding hydrogens is 497 g/mol. The maximum Gasteiger partial charge on any atom is 0.244 e. The van der Waals surface area contributed by atoms with Gasteiger partial charge in [0.25, 0.3) is 0 Å². The van der Waals surface area contributed by atoms with Crippen LogP contribution < -0.4 is 9.64 Å². The van der Waals surface area contributed by atoms with Gasteiger partial charge in [-0.05, 0) is 59.8 Å². The summed E-state index contributed by atoms with van der Waals surface area (Å²) >= 11 is 12.4. The molecule has 9 heteroatoms. The molecular formula is C27H41Cl2N5O2. The third kappa shape index (κ3) is 9.51. The zero-order chi connectivity index (χ0) is 27.3. The minimum Gasteiger partial charge on any atom is -0.495 e. The van der Waals surface area contributed by atoms with Crippen LogP contribution in [0.5, 0.6) is 5.75 Å². The molecule has 0 unspecified atom stereocenters. The molecule has 36 heavy (non-hydrogen) atoms. The topological polar surface area (TPSA) is 60.7 Å². The summed E-state index contributed by atoms with van der Waals surface area (Å²) in [4.78, 5) is 21.9. The van der Waals surface area contributed by atoms with Gasteiger partial charge in [-0.15, -0.1) is 11.6 Å². The zero-order valence-corrected chi connectivity index (χ0v) is 24.2. The monoisotopic (exact) mass is 537 g/mol.